The molecule has 0 fully saturated rings. The van der Waals surface area contributed by atoms with E-state index < -0.39 is 0 Å². The fourth-order valence-corrected chi connectivity index (χ4v) is 3.00. The summed E-state index contributed by atoms with van der Waals surface area (Å²) in [5.41, 5.74) is 2.44. The number of rotatable bonds is 4. The summed E-state index contributed by atoms with van der Waals surface area (Å²) in [5.74, 6) is 0.506. The number of allylic oxidation sites excluding steroid dienone is 3. The highest BCUT2D eigenvalue weighted by Crippen LogP contribution is 2.30. The normalized spacial score (nSPS) is 20.5. The van der Waals surface area contributed by atoms with Gasteiger partial charge in [0.15, 0.2) is 0 Å². The summed E-state index contributed by atoms with van der Waals surface area (Å²) in [5, 5.41) is 4.52. The molecule has 0 saturated heterocycles. The summed E-state index contributed by atoms with van der Waals surface area (Å²) < 4.78 is 1.10. The average Bonchev–Trinajstić information content (AvgIpc) is 2.39. The van der Waals surface area contributed by atoms with Gasteiger partial charge in [0.05, 0.1) is 0 Å². The molecule has 1 nitrogen and oxygen atoms in total. The van der Waals surface area contributed by atoms with Gasteiger partial charge in [-0.2, -0.15) is 0 Å². The van der Waals surface area contributed by atoms with Gasteiger partial charge in [-0.3, -0.25) is 0 Å². The molecule has 0 spiro atoms. The van der Waals surface area contributed by atoms with Crippen molar-refractivity contribution in [2.45, 2.75) is 32.7 Å². The smallest absolute Gasteiger partial charge is 0.0392 e. The third-order valence-corrected chi connectivity index (χ3v) is 4.51. The first kappa shape index (κ1) is 14.7. The van der Waals surface area contributed by atoms with Crippen LogP contribution in [0.2, 0.25) is 0 Å². The molecule has 0 radical (unpaired) electrons. The van der Waals surface area contributed by atoms with E-state index in [0.717, 1.165) is 28.0 Å². The van der Waals surface area contributed by atoms with Crippen LogP contribution in [0.15, 0.2) is 51.5 Å². The first-order valence-corrected chi connectivity index (χ1v) is 7.82. The van der Waals surface area contributed by atoms with E-state index in [1.807, 2.05) is 12.1 Å². The van der Waals surface area contributed by atoms with Gasteiger partial charge in [0.25, 0.3) is 0 Å². The Morgan fingerprint density at radius 2 is 2.26 bits per heavy atom. The molecule has 2 rings (SSSR count). The molecule has 102 valence electrons. The van der Waals surface area contributed by atoms with E-state index in [-0.39, 0.29) is 0 Å². The molecular formula is C16H19BrClN. The molecule has 0 saturated carbocycles. The Bertz CT molecular complexity index is 507. The van der Waals surface area contributed by atoms with Crippen LogP contribution < -0.4 is 5.32 Å². The van der Waals surface area contributed by atoms with Gasteiger partial charge in [0.2, 0.25) is 0 Å². The third kappa shape index (κ3) is 3.87. The molecule has 1 N–H and O–H groups in total. The standard InChI is InChI=1S/C16H19BrClN/c1-3-16(12-7-8-15(18)11(2)9-12)19-14-6-4-5-13(17)10-14/h4-8,10,12,16,19H,3,9H2,1-2H3. The van der Waals surface area contributed by atoms with Gasteiger partial charge in [-0.05, 0) is 44.0 Å². The molecule has 0 aromatic heterocycles. The van der Waals surface area contributed by atoms with Gasteiger partial charge in [-0.15, -0.1) is 0 Å². The molecule has 1 aromatic carbocycles. The van der Waals surface area contributed by atoms with Crippen LogP contribution >= 0.6 is 27.5 Å². The highest BCUT2D eigenvalue weighted by atomic mass is 79.9. The summed E-state index contributed by atoms with van der Waals surface area (Å²) in [6, 6.07) is 8.75. The molecule has 3 heteroatoms. The fraction of sp³-hybridized carbons (Fsp3) is 0.375. The van der Waals surface area contributed by atoms with Crippen molar-refractivity contribution in [2.24, 2.45) is 5.92 Å². The van der Waals surface area contributed by atoms with E-state index >= 15 is 0 Å². The predicted molar refractivity (Wildman–Crippen MR) is 87.6 cm³/mol. The minimum Gasteiger partial charge on any atom is -0.382 e. The Morgan fingerprint density at radius 3 is 2.89 bits per heavy atom. The largest absolute Gasteiger partial charge is 0.382 e. The second kappa shape index (κ2) is 6.62. The SMILES string of the molecule is CCC(Nc1cccc(Br)c1)C1C=CC(Cl)=C(C)C1. The number of hydrogen-bond donors (Lipinski definition) is 1. The Labute approximate surface area is 128 Å². The van der Waals surface area contributed by atoms with Gasteiger partial charge >= 0.3 is 0 Å². The molecule has 2 unspecified atom stereocenters. The summed E-state index contributed by atoms with van der Waals surface area (Å²) >= 11 is 9.64. The molecule has 1 aromatic rings. The fourth-order valence-electron chi connectivity index (χ4n) is 2.45. The summed E-state index contributed by atoms with van der Waals surface area (Å²) in [6.07, 6.45) is 6.39. The van der Waals surface area contributed by atoms with Crippen LogP contribution in [-0.4, -0.2) is 6.04 Å². The van der Waals surface area contributed by atoms with Crippen molar-refractivity contribution in [3.05, 3.63) is 51.5 Å². The third-order valence-electron chi connectivity index (χ3n) is 3.57. The van der Waals surface area contributed by atoms with E-state index in [1.165, 1.54) is 5.57 Å². The van der Waals surface area contributed by atoms with E-state index in [4.69, 9.17) is 11.6 Å². The molecule has 1 aliphatic carbocycles. The van der Waals surface area contributed by atoms with E-state index in [0.29, 0.717) is 12.0 Å². The lowest BCUT2D eigenvalue weighted by atomic mass is 9.87. The molecule has 0 bridgehead atoms. The summed E-state index contributed by atoms with van der Waals surface area (Å²) in [7, 11) is 0. The zero-order valence-corrected chi connectivity index (χ0v) is 13.6. The maximum Gasteiger partial charge on any atom is 0.0392 e. The lowest BCUT2D eigenvalue weighted by Gasteiger charge is -2.28. The van der Waals surface area contributed by atoms with Crippen LogP contribution in [-0.2, 0) is 0 Å². The topological polar surface area (TPSA) is 12.0 Å². The minimum absolute atomic E-state index is 0.435. The van der Waals surface area contributed by atoms with Gasteiger partial charge in [0, 0.05) is 27.2 Å². The van der Waals surface area contributed by atoms with E-state index in [1.54, 1.807) is 0 Å². The number of nitrogens with one attached hydrogen (secondary N) is 1. The van der Waals surface area contributed by atoms with Crippen LogP contribution in [0.3, 0.4) is 0 Å². The summed E-state index contributed by atoms with van der Waals surface area (Å²) in [6.45, 7) is 4.34. The van der Waals surface area contributed by atoms with Crippen molar-refractivity contribution >= 4 is 33.2 Å². The molecule has 0 aliphatic heterocycles. The van der Waals surface area contributed by atoms with Crippen LogP contribution in [0.1, 0.15) is 26.7 Å². The zero-order valence-electron chi connectivity index (χ0n) is 11.3. The van der Waals surface area contributed by atoms with Gasteiger partial charge in [-0.25, -0.2) is 0 Å². The predicted octanol–water partition coefficient (Wildman–Crippen LogP) is 5.73. The Kier molecular flexibility index (Phi) is 5.12. The average molecular weight is 341 g/mol. The first-order valence-electron chi connectivity index (χ1n) is 6.65. The van der Waals surface area contributed by atoms with E-state index in [2.05, 4.69) is 59.4 Å². The lowest BCUT2D eigenvalue weighted by Crippen LogP contribution is -2.28. The molecule has 0 amide bonds. The van der Waals surface area contributed by atoms with Crippen molar-refractivity contribution in [2.75, 3.05) is 5.32 Å². The molecule has 19 heavy (non-hydrogen) atoms. The second-order valence-corrected chi connectivity index (χ2v) is 6.35. The highest BCUT2D eigenvalue weighted by molar-refractivity contribution is 9.10. The number of anilines is 1. The van der Waals surface area contributed by atoms with Crippen LogP contribution in [0.25, 0.3) is 0 Å². The van der Waals surface area contributed by atoms with Crippen molar-refractivity contribution in [3.63, 3.8) is 0 Å². The molecule has 2 atom stereocenters. The molecule has 1 aliphatic rings. The minimum atomic E-state index is 0.435. The van der Waals surface area contributed by atoms with E-state index in [9.17, 15) is 0 Å². The van der Waals surface area contributed by atoms with Gasteiger partial charge < -0.3 is 5.32 Å². The van der Waals surface area contributed by atoms with Gasteiger partial charge in [-0.1, -0.05) is 52.2 Å². The number of benzene rings is 1. The number of halogens is 2. The quantitative estimate of drug-likeness (QED) is 0.738. The number of hydrogen-bond acceptors (Lipinski definition) is 1. The monoisotopic (exact) mass is 339 g/mol. The van der Waals surface area contributed by atoms with Crippen LogP contribution in [0.5, 0.6) is 0 Å². The zero-order chi connectivity index (χ0) is 13.8. The van der Waals surface area contributed by atoms with Crippen LogP contribution in [0.4, 0.5) is 5.69 Å². The van der Waals surface area contributed by atoms with Crippen molar-refractivity contribution in [3.8, 4) is 0 Å². The van der Waals surface area contributed by atoms with Crippen molar-refractivity contribution < 1.29 is 0 Å². The lowest BCUT2D eigenvalue weighted by molar-refractivity contribution is 0.509. The maximum atomic E-state index is 6.13. The molecular weight excluding hydrogens is 322 g/mol. The van der Waals surface area contributed by atoms with Crippen molar-refractivity contribution in [1.82, 2.24) is 0 Å². The second-order valence-electron chi connectivity index (χ2n) is 5.02. The van der Waals surface area contributed by atoms with Crippen LogP contribution in [0, 0.1) is 5.92 Å². The first-order chi connectivity index (χ1) is 9.10. The Hall–Kier alpha value is -0.730. The van der Waals surface area contributed by atoms with Gasteiger partial charge in [0.1, 0.15) is 0 Å². The molecule has 0 heterocycles. The summed E-state index contributed by atoms with van der Waals surface area (Å²) in [4.78, 5) is 0. The Morgan fingerprint density at radius 1 is 1.47 bits per heavy atom. The van der Waals surface area contributed by atoms with Crippen molar-refractivity contribution in [1.29, 1.82) is 0 Å². The highest BCUT2D eigenvalue weighted by Gasteiger charge is 2.21. The maximum absolute atomic E-state index is 6.13. The Balaban J connectivity index is 2.08.